The van der Waals surface area contributed by atoms with Crippen LogP contribution in [0.25, 0.3) is 0 Å². The first kappa shape index (κ1) is 14.0. The van der Waals surface area contributed by atoms with Crippen LogP contribution >= 0.6 is 0 Å². The Morgan fingerprint density at radius 1 is 1.24 bits per heavy atom. The van der Waals surface area contributed by atoms with Crippen molar-refractivity contribution in [2.75, 3.05) is 0 Å². The lowest BCUT2D eigenvalue weighted by molar-refractivity contribution is 0.448. The lowest BCUT2D eigenvalue weighted by atomic mass is 10.0. The number of nitrogens with one attached hydrogen (secondary N) is 1. The average molecular weight is 231 g/mol. The molecule has 1 nitrogen and oxygen atoms in total. The normalized spacial score (nSPS) is 14.3. The number of aryl methyl sites for hydroxylation is 1. The van der Waals surface area contributed by atoms with Gasteiger partial charge in [-0.1, -0.05) is 44.2 Å². The fraction of sp³-hybridized carbons (Fsp3) is 0.500. The predicted octanol–water partition coefficient (Wildman–Crippen LogP) is 4.25. The van der Waals surface area contributed by atoms with Gasteiger partial charge in [-0.3, -0.25) is 0 Å². The van der Waals surface area contributed by atoms with Gasteiger partial charge >= 0.3 is 0 Å². The maximum atomic E-state index is 3.79. The minimum absolute atomic E-state index is 0.454. The Hall–Kier alpha value is -1.08. The van der Waals surface area contributed by atoms with Crippen molar-refractivity contribution in [1.82, 2.24) is 5.32 Å². The third-order valence-electron chi connectivity index (χ3n) is 3.20. The van der Waals surface area contributed by atoms with Crippen molar-refractivity contribution in [3.63, 3.8) is 0 Å². The van der Waals surface area contributed by atoms with E-state index in [1.54, 1.807) is 0 Å². The minimum Gasteiger partial charge on any atom is -0.307 e. The van der Waals surface area contributed by atoms with Crippen molar-refractivity contribution in [3.8, 4) is 0 Å². The third kappa shape index (κ3) is 4.35. The van der Waals surface area contributed by atoms with Gasteiger partial charge in [0.15, 0.2) is 0 Å². The number of hydrogen-bond acceptors (Lipinski definition) is 1. The van der Waals surface area contributed by atoms with E-state index >= 15 is 0 Å². The number of rotatable bonds is 7. The Bertz CT molecular complexity index is 326. The highest BCUT2D eigenvalue weighted by Gasteiger charge is 2.11. The Labute approximate surface area is 106 Å². The van der Waals surface area contributed by atoms with Gasteiger partial charge in [-0.15, -0.1) is 6.58 Å². The zero-order valence-electron chi connectivity index (χ0n) is 11.4. The molecular weight excluding hydrogens is 206 g/mol. The van der Waals surface area contributed by atoms with Crippen molar-refractivity contribution in [2.24, 2.45) is 0 Å². The Morgan fingerprint density at radius 2 is 1.88 bits per heavy atom. The smallest absolute Gasteiger partial charge is 0.0320 e. The molecule has 0 aliphatic heterocycles. The molecule has 1 heteroatoms. The van der Waals surface area contributed by atoms with Gasteiger partial charge < -0.3 is 5.32 Å². The van der Waals surface area contributed by atoms with Crippen LogP contribution in [0.3, 0.4) is 0 Å². The molecule has 0 radical (unpaired) electrons. The van der Waals surface area contributed by atoms with E-state index in [2.05, 4.69) is 56.9 Å². The SMILES string of the molecule is C=CCC(C)NC(CC)c1ccc(CC)cc1. The maximum Gasteiger partial charge on any atom is 0.0320 e. The topological polar surface area (TPSA) is 12.0 Å². The van der Waals surface area contributed by atoms with Gasteiger partial charge in [0.1, 0.15) is 0 Å². The molecule has 0 fully saturated rings. The molecule has 1 aromatic carbocycles. The van der Waals surface area contributed by atoms with Gasteiger partial charge in [0, 0.05) is 12.1 Å². The van der Waals surface area contributed by atoms with E-state index in [-0.39, 0.29) is 0 Å². The second kappa shape index (κ2) is 7.29. The summed E-state index contributed by atoms with van der Waals surface area (Å²) >= 11 is 0. The summed E-state index contributed by atoms with van der Waals surface area (Å²) in [5.74, 6) is 0. The zero-order chi connectivity index (χ0) is 12.7. The summed E-state index contributed by atoms with van der Waals surface area (Å²) in [5.41, 5.74) is 2.79. The average Bonchev–Trinajstić information content (AvgIpc) is 2.36. The lowest BCUT2D eigenvalue weighted by Gasteiger charge is -2.22. The molecule has 0 heterocycles. The molecule has 1 N–H and O–H groups in total. The molecule has 0 aliphatic rings. The summed E-state index contributed by atoms with van der Waals surface area (Å²) in [5, 5.41) is 3.65. The molecule has 0 aliphatic carbocycles. The van der Waals surface area contributed by atoms with Crippen molar-refractivity contribution in [2.45, 2.75) is 52.1 Å². The fourth-order valence-electron chi connectivity index (χ4n) is 2.10. The van der Waals surface area contributed by atoms with Crippen LogP contribution in [-0.4, -0.2) is 6.04 Å². The summed E-state index contributed by atoms with van der Waals surface area (Å²) < 4.78 is 0. The molecule has 2 atom stereocenters. The lowest BCUT2D eigenvalue weighted by Crippen LogP contribution is -2.29. The first-order chi connectivity index (χ1) is 8.21. The van der Waals surface area contributed by atoms with Gasteiger partial charge in [0.2, 0.25) is 0 Å². The van der Waals surface area contributed by atoms with E-state index in [1.165, 1.54) is 11.1 Å². The van der Waals surface area contributed by atoms with E-state index in [0.717, 1.165) is 19.3 Å². The molecule has 0 saturated heterocycles. The van der Waals surface area contributed by atoms with E-state index in [9.17, 15) is 0 Å². The van der Waals surface area contributed by atoms with Crippen molar-refractivity contribution in [1.29, 1.82) is 0 Å². The van der Waals surface area contributed by atoms with E-state index in [0.29, 0.717) is 12.1 Å². The highest BCUT2D eigenvalue weighted by molar-refractivity contribution is 5.25. The molecule has 17 heavy (non-hydrogen) atoms. The zero-order valence-corrected chi connectivity index (χ0v) is 11.4. The highest BCUT2D eigenvalue weighted by Crippen LogP contribution is 2.18. The van der Waals surface area contributed by atoms with E-state index in [4.69, 9.17) is 0 Å². The Balaban J connectivity index is 2.68. The summed E-state index contributed by atoms with van der Waals surface area (Å²) in [4.78, 5) is 0. The second-order valence-corrected chi connectivity index (χ2v) is 4.65. The molecule has 0 aromatic heterocycles. The van der Waals surface area contributed by atoms with Crippen LogP contribution in [0.5, 0.6) is 0 Å². The van der Waals surface area contributed by atoms with E-state index < -0.39 is 0 Å². The first-order valence-corrected chi connectivity index (χ1v) is 6.67. The van der Waals surface area contributed by atoms with E-state index in [1.807, 2.05) is 6.08 Å². The quantitative estimate of drug-likeness (QED) is 0.692. The molecule has 0 spiro atoms. The van der Waals surface area contributed by atoms with Crippen molar-refractivity contribution in [3.05, 3.63) is 48.0 Å². The van der Waals surface area contributed by atoms with Crippen LogP contribution in [0.4, 0.5) is 0 Å². The van der Waals surface area contributed by atoms with Crippen LogP contribution in [0.1, 0.15) is 50.8 Å². The highest BCUT2D eigenvalue weighted by atomic mass is 14.9. The van der Waals surface area contributed by atoms with Gasteiger partial charge in [-0.25, -0.2) is 0 Å². The van der Waals surface area contributed by atoms with Gasteiger partial charge in [0.25, 0.3) is 0 Å². The predicted molar refractivity (Wildman–Crippen MR) is 76.3 cm³/mol. The minimum atomic E-state index is 0.454. The summed E-state index contributed by atoms with van der Waals surface area (Å²) in [7, 11) is 0. The van der Waals surface area contributed by atoms with Crippen molar-refractivity contribution >= 4 is 0 Å². The molecule has 0 amide bonds. The van der Waals surface area contributed by atoms with Crippen LogP contribution < -0.4 is 5.32 Å². The fourth-order valence-corrected chi connectivity index (χ4v) is 2.10. The summed E-state index contributed by atoms with van der Waals surface area (Å²) in [6.07, 6.45) is 5.22. The van der Waals surface area contributed by atoms with Gasteiger partial charge in [-0.2, -0.15) is 0 Å². The van der Waals surface area contributed by atoms with Crippen LogP contribution in [-0.2, 0) is 6.42 Å². The molecule has 94 valence electrons. The molecule has 1 rings (SSSR count). The molecule has 0 saturated carbocycles. The molecule has 0 bridgehead atoms. The monoisotopic (exact) mass is 231 g/mol. The largest absolute Gasteiger partial charge is 0.307 e. The second-order valence-electron chi connectivity index (χ2n) is 4.65. The summed E-state index contributed by atoms with van der Waals surface area (Å²) in [6.45, 7) is 10.4. The maximum absolute atomic E-state index is 3.79. The van der Waals surface area contributed by atoms with Crippen LogP contribution in [0, 0.1) is 0 Å². The molecular formula is C16H25N. The third-order valence-corrected chi connectivity index (χ3v) is 3.20. The number of hydrogen-bond donors (Lipinski definition) is 1. The Morgan fingerprint density at radius 3 is 2.35 bits per heavy atom. The van der Waals surface area contributed by atoms with Crippen LogP contribution in [0.15, 0.2) is 36.9 Å². The standard InChI is InChI=1S/C16H25N/c1-5-8-13(4)17-16(7-3)15-11-9-14(6-2)10-12-15/h5,9-13,16-17H,1,6-8H2,2-4H3. The number of benzene rings is 1. The first-order valence-electron chi connectivity index (χ1n) is 6.67. The molecule has 1 aromatic rings. The Kier molecular flexibility index (Phi) is 5.99. The summed E-state index contributed by atoms with van der Waals surface area (Å²) in [6, 6.07) is 9.91. The van der Waals surface area contributed by atoms with Gasteiger partial charge in [-0.05, 0) is 37.3 Å². The van der Waals surface area contributed by atoms with Crippen LogP contribution in [0.2, 0.25) is 0 Å². The van der Waals surface area contributed by atoms with Crippen molar-refractivity contribution < 1.29 is 0 Å². The van der Waals surface area contributed by atoms with Gasteiger partial charge in [0.05, 0.1) is 0 Å². The molecule has 2 unspecified atom stereocenters.